The second-order valence-corrected chi connectivity index (χ2v) is 6.49. The Bertz CT molecular complexity index is 1170. The number of H-pyrrole nitrogens is 1. The largest absolute Gasteiger partial charge is 0.322 e. The number of nitrogens with zero attached hydrogens (tertiary/aromatic N) is 5. The summed E-state index contributed by atoms with van der Waals surface area (Å²) in [6.07, 6.45) is 1.38. The molecule has 0 bridgehead atoms. The van der Waals surface area contributed by atoms with Crippen molar-refractivity contribution in [2.45, 2.75) is 13.8 Å². The van der Waals surface area contributed by atoms with Gasteiger partial charge in [-0.05, 0) is 32.0 Å². The van der Waals surface area contributed by atoms with Crippen LogP contribution in [0.5, 0.6) is 0 Å². The summed E-state index contributed by atoms with van der Waals surface area (Å²) in [4.78, 5) is 8.37. The molecule has 0 atom stereocenters. The van der Waals surface area contributed by atoms with Crippen LogP contribution in [0.25, 0.3) is 17.1 Å². The summed E-state index contributed by atoms with van der Waals surface area (Å²) in [6, 6.07) is 6.84. The van der Waals surface area contributed by atoms with Gasteiger partial charge < -0.3 is 5.32 Å². The first-order valence-corrected chi connectivity index (χ1v) is 8.62. The maximum Gasteiger partial charge on any atom is 0.172 e. The van der Waals surface area contributed by atoms with Crippen molar-refractivity contribution in [3.63, 3.8) is 0 Å². The molecule has 2 N–H and O–H groups in total. The van der Waals surface area contributed by atoms with Gasteiger partial charge in [-0.2, -0.15) is 10.2 Å². The van der Waals surface area contributed by atoms with E-state index in [0.717, 1.165) is 23.5 Å². The number of nitrogens with one attached hydrogen (secondary N) is 2. The Kier molecular flexibility index (Phi) is 4.52. The Balaban J connectivity index is 1.65. The number of aromatic nitrogens is 6. The predicted octanol–water partition coefficient (Wildman–Crippen LogP) is 4.34. The molecule has 0 amide bonds. The summed E-state index contributed by atoms with van der Waals surface area (Å²) in [5, 5.41) is 14.2. The Labute approximate surface area is 163 Å². The third kappa shape index (κ3) is 3.31. The van der Waals surface area contributed by atoms with Crippen molar-refractivity contribution in [2.24, 2.45) is 0 Å². The van der Waals surface area contributed by atoms with Crippen LogP contribution in [0.2, 0.25) is 5.02 Å². The molecule has 0 aliphatic carbocycles. The van der Waals surface area contributed by atoms with Gasteiger partial charge in [-0.1, -0.05) is 11.6 Å². The Hall–Kier alpha value is -3.33. The molecule has 0 saturated heterocycles. The lowest BCUT2D eigenvalue weighted by molar-refractivity contribution is 0.585. The van der Waals surface area contributed by atoms with Crippen LogP contribution in [0, 0.1) is 25.5 Å². The maximum absolute atomic E-state index is 14.0. The van der Waals surface area contributed by atoms with E-state index in [1.54, 1.807) is 10.7 Å². The molecule has 0 aliphatic heterocycles. The molecule has 3 heterocycles. The lowest BCUT2D eigenvalue weighted by atomic mass is 10.1. The van der Waals surface area contributed by atoms with Gasteiger partial charge in [0.1, 0.15) is 28.8 Å². The third-order valence-electron chi connectivity index (χ3n) is 4.03. The van der Waals surface area contributed by atoms with E-state index < -0.39 is 11.6 Å². The average molecular weight is 402 g/mol. The molecule has 7 nitrogen and oxygen atoms in total. The van der Waals surface area contributed by atoms with Crippen molar-refractivity contribution in [1.29, 1.82) is 0 Å². The molecule has 1 aromatic carbocycles. The highest BCUT2D eigenvalue weighted by molar-refractivity contribution is 6.35. The molecule has 28 heavy (non-hydrogen) atoms. The van der Waals surface area contributed by atoms with E-state index >= 15 is 0 Å². The summed E-state index contributed by atoms with van der Waals surface area (Å²) >= 11 is 6.33. The minimum absolute atomic E-state index is 0.109. The highest BCUT2D eigenvalue weighted by atomic mass is 35.5. The highest BCUT2D eigenvalue weighted by Crippen LogP contribution is 2.34. The number of anilines is 2. The van der Waals surface area contributed by atoms with Gasteiger partial charge in [-0.3, -0.25) is 5.10 Å². The molecule has 0 spiro atoms. The topological polar surface area (TPSA) is 84.3 Å². The summed E-state index contributed by atoms with van der Waals surface area (Å²) in [6.45, 7) is 3.81. The molecule has 0 unspecified atom stereocenters. The fraction of sp³-hybridized carbons (Fsp3) is 0.111. The highest BCUT2D eigenvalue weighted by Gasteiger charge is 2.17. The van der Waals surface area contributed by atoms with Gasteiger partial charge in [-0.15, -0.1) is 0 Å². The van der Waals surface area contributed by atoms with Crippen molar-refractivity contribution in [3.8, 4) is 17.1 Å². The summed E-state index contributed by atoms with van der Waals surface area (Å²) in [7, 11) is 0. The Morgan fingerprint density at radius 2 is 1.93 bits per heavy atom. The molecule has 0 radical (unpaired) electrons. The molecule has 4 rings (SSSR count). The fourth-order valence-electron chi connectivity index (χ4n) is 2.80. The van der Waals surface area contributed by atoms with Crippen molar-refractivity contribution in [3.05, 3.63) is 64.7 Å². The van der Waals surface area contributed by atoms with E-state index in [1.807, 2.05) is 19.9 Å². The first-order chi connectivity index (χ1) is 13.4. The second-order valence-electron chi connectivity index (χ2n) is 6.11. The van der Waals surface area contributed by atoms with E-state index in [4.69, 9.17) is 11.6 Å². The number of hydrogen-bond acceptors (Lipinski definition) is 5. The zero-order valence-electron chi connectivity index (χ0n) is 14.8. The van der Waals surface area contributed by atoms with Crippen LogP contribution in [0.15, 0.2) is 36.7 Å². The average Bonchev–Trinajstić information content (AvgIpc) is 3.18. The molecule has 4 aromatic rings. The van der Waals surface area contributed by atoms with E-state index in [2.05, 4.69) is 30.6 Å². The summed E-state index contributed by atoms with van der Waals surface area (Å²) < 4.78 is 28.9. The van der Waals surface area contributed by atoms with Gasteiger partial charge in [-0.25, -0.2) is 23.4 Å². The van der Waals surface area contributed by atoms with Gasteiger partial charge in [0.05, 0.1) is 11.4 Å². The van der Waals surface area contributed by atoms with Gasteiger partial charge >= 0.3 is 0 Å². The van der Waals surface area contributed by atoms with Crippen molar-refractivity contribution < 1.29 is 8.78 Å². The molecule has 0 saturated carbocycles. The van der Waals surface area contributed by atoms with E-state index in [-0.39, 0.29) is 22.1 Å². The van der Waals surface area contributed by atoms with Crippen LogP contribution >= 0.6 is 11.6 Å². The SMILES string of the molecule is Cc1cc(C)n(-c2cc(Nc3n[nH]c(-c4ccc(F)cc4F)c3Cl)ncn2)n1. The maximum atomic E-state index is 14.0. The number of rotatable bonds is 4. The van der Waals surface area contributed by atoms with Crippen LogP contribution in [0.3, 0.4) is 0 Å². The number of aromatic amines is 1. The van der Waals surface area contributed by atoms with Crippen molar-refractivity contribution in [1.82, 2.24) is 29.9 Å². The number of hydrogen-bond donors (Lipinski definition) is 2. The standard InChI is InChI=1S/C18H14ClF2N7/c1-9-5-10(2)28(27-9)15-7-14(22-8-23-15)24-18-16(19)17(25-26-18)12-4-3-11(20)6-13(12)21/h3-8H,1-2H3,(H2,22,23,24,25,26). The second kappa shape index (κ2) is 7.01. The Morgan fingerprint density at radius 3 is 2.64 bits per heavy atom. The third-order valence-corrected chi connectivity index (χ3v) is 4.40. The Morgan fingerprint density at radius 1 is 1.11 bits per heavy atom. The lowest BCUT2D eigenvalue weighted by Gasteiger charge is -2.06. The van der Waals surface area contributed by atoms with Gasteiger partial charge in [0.15, 0.2) is 11.6 Å². The van der Waals surface area contributed by atoms with Crippen LogP contribution in [0.1, 0.15) is 11.4 Å². The van der Waals surface area contributed by atoms with Crippen LogP contribution in [-0.4, -0.2) is 29.9 Å². The van der Waals surface area contributed by atoms with Gasteiger partial charge in [0.25, 0.3) is 0 Å². The van der Waals surface area contributed by atoms with E-state index in [9.17, 15) is 8.78 Å². The minimum Gasteiger partial charge on any atom is -0.322 e. The summed E-state index contributed by atoms with van der Waals surface area (Å²) in [5.41, 5.74) is 2.13. The number of halogens is 3. The predicted molar refractivity (Wildman–Crippen MR) is 101 cm³/mol. The molecule has 142 valence electrons. The van der Waals surface area contributed by atoms with E-state index in [1.165, 1.54) is 12.4 Å². The normalized spacial score (nSPS) is 11.0. The first kappa shape index (κ1) is 18.1. The van der Waals surface area contributed by atoms with Crippen molar-refractivity contribution >= 4 is 23.2 Å². The van der Waals surface area contributed by atoms with Crippen LogP contribution in [0.4, 0.5) is 20.4 Å². The monoisotopic (exact) mass is 401 g/mol. The molecule has 3 aromatic heterocycles. The minimum atomic E-state index is -0.744. The van der Waals surface area contributed by atoms with E-state index in [0.29, 0.717) is 11.6 Å². The van der Waals surface area contributed by atoms with Crippen LogP contribution in [-0.2, 0) is 0 Å². The van der Waals surface area contributed by atoms with Crippen LogP contribution < -0.4 is 5.32 Å². The van der Waals surface area contributed by atoms with Crippen molar-refractivity contribution in [2.75, 3.05) is 5.32 Å². The first-order valence-electron chi connectivity index (χ1n) is 8.24. The lowest BCUT2D eigenvalue weighted by Crippen LogP contribution is -2.04. The molecular formula is C18H14ClF2N7. The number of benzene rings is 1. The zero-order chi connectivity index (χ0) is 19.8. The smallest absolute Gasteiger partial charge is 0.172 e. The fourth-order valence-corrected chi connectivity index (χ4v) is 3.03. The molecule has 0 fully saturated rings. The zero-order valence-corrected chi connectivity index (χ0v) is 15.6. The number of aryl methyl sites for hydroxylation is 2. The summed E-state index contributed by atoms with van der Waals surface area (Å²) in [5.74, 6) is -0.172. The quantitative estimate of drug-likeness (QED) is 0.531. The molecule has 10 heteroatoms. The molecule has 0 aliphatic rings. The van der Waals surface area contributed by atoms with Gasteiger partial charge in [0.2, 0.25) is 0 Å². The van der Waals surface area contributed by atoms with Gasteiger partial charge in [0, 0.05) is 23.4 Å². The molecular weight excluding hydrogens is 388 g/mol.